The zero-order valence-electron chi connectivity index (χ0n) is 64.4. The molecule has 13 aromatic carbocycles. The minimum atomic E-state index is -0.402. The first-order chi connectivity index (χ1) is 52.5. The molecule has 0 radical (unpaired) electrons. The van der Waals surface area contributed by atoms with Crippen molar-refractivity contribution in [2.24, 2.45) is 0 Å². The Morgan fingerprint density at radius 3 is 1.41 bits per heavy atom. The van der Waals surface area contributed by atoms with E-state index in [4.69, 9.17) is 8.83 Å². The molecule has 3 heteroatoms. The molecule has 0 unspecified atom stereocenters. The molecular formula is C105H95NO2. The van der Waals surface area contributed by atoms with Crippen LogP contribution in [-0.4, -0.2) is 0 Å². The van der Waals surface area contributed by atoms with Gasteiger partial charge in [-0.3, -0.25) is 0 Å². The van der Waals surface area contributed by atoms with Gasteiger partial charge in [0.2, 0.25) is 0 Å². The van der Waals surface area contributed by atoms with E-state index in [1.807, 2.05) is 0 Å². The minimum absolute atomic E-state index is 0.0288. The maximum Gasteiger partial charge on any atom is 0.143 e. The first-order valence-electron chi connectivity index (χ1n) is 40.4. The Morgan fingerprint density at radius 2 is 0.722 bits per heavy atom. The topological polar surface area (TPSA) is 29.5 Å². The van der Waals surface area contributed by atoms with Crippen LogP contribution in [0.25, 0.3) is 133 Å². The molecule has 0 atom stereocenters. The van der Waals surface area contributed by atoms with Gasteiger partial charge >= 0.3 is 0 Å². The lowest BCUT2D eigenvalue weighted by Crippen LogP contribution is -2.25. The summed E-state index contributed by atoms with van der Waals surface area (Å²) in [5, 5.41) is 4.73. The van der Waals surface area contributed by atoms with E-state index >= 15 is 0 Å². The van der Waals surface area contributed by atoms with Gasteiger partial charge in [0.15, 0.2) is 0 Å². The van der Waals surface area contributed by atoms with Crippen LogP contribution in [0.15, 0.2) is 258 Å². The Morgan fingerprint density at radius 1 is 0.269 bits per heavy atom. The van der Waals surface area contributed by atoms with Crippen LogP contribution in [0, 0.1) is 0 Å². The van der Waals surface area contributed by atoms with Crippen molar-refractivity contribution in [1.29, 1.82) is 0 Å². The van der Waals surface area contributed by atoms with E-state index in [9.17, 15) is 0 Å². The maximum absolute atomic E-state index is 7.26. The summed E-state index contributed by atoms with van der Waals surface area (Å²) >= 11 is 0. The molecule has 2 aromatic heterocycles. The van der Waals surface area contributed by atoms with Crippen molar-refractivity contribution >= 4 is 60.9 Å². The second-order valence-corrected chi connectivity index (χ2v) is 34.5. The second kappa shape index (κ2) is 24.6. The highest BCUT2D eigenvalue weighted by Crippen LogP contribution is 2.63. The van der Waals surface area contributed by atoms with E-state index in [1.54, 1.807) is 11.1 Å². The number of para-hydroxylation sites is 3. The molecule has 0 bridgehead atoms. The summed E-state index contributed by atoms with van der Waals surface area (Å²) in [6.07, 6.45) is 15.4. The molecule has 15 aromatic rings. The van der Waals surface area contributed by atoms with Gasteiger partial charge in [-0.25, -0.2) is 0 Å². The summed E-state index contributed by atoms with van der Waals surface area (Å²) in [6.45, 7) is 24.2. The highest BCUT2D eigenvalue weighted by Gasteiger charge is 2.47. The van der Waals surface area contributed by atoms with Gasteiger partial charge in [-0.05, 0) is 231 Å². The highest BCUT2D eigenvalue weighted by molar-refractivity contribution is 6.19. The molecule has 5 aliphatic carbocycles. The molecule has 0 aliphatic heterocycles. The lowest BCUT2D eigenvalue weighted by Gasteiger charge is -2.33. The van der Waals surface area contributed by atoms with Crippen molar-refractivity contribution in [3.05, 3.63) is 304 Å². The normalized spacial score (nSPS) is 15.6. The van der Waals surface area contributed by atoms with Gasteiger partial charge < -0.3 is 13.7 Å². The van der Waals surface area contributed by atoms with Crippen LogP contribution in [0.3, 0.4) is 0 Å². The predicted molar refractivity (Wildman–Crippen MR) is 455 cm³/mol. The Bertz CT molecular complexity index is 6220. The first-order valence-corrected chi connectivity index (χ1v) is 40.4. The quantitative estimate of drug-likeness (QED) is 0.0802. The van der Waals surface area contributed by atoms with Crippen LogP contribution >= 0.6 is 0 Å². The average Bonchev–Trinajstić information content (AvgIpc) is 1.51. The predicted octanol–water partition coefficient (Wildman–Crippen LogP) is 30.2. The van der Waals surface area contributed by atoms with Crippen molar-refractivity contribution in [3.8, 4) is 89.0 Å². The number of furan rings is 2. The first kappa shape index (κ1) is 66.7. The van der Waals surface area contributed by atoms with Gasteiger partial charge in [0, 0.05) is 71.1 Å². The largest absolute Gasteiger partial charge is 0.456 e. The fourth-order valence-electron chi connectivity index (χ4n) is 21.2. The van der Waals surface area contributed by atoms with Crippen LogP contribution in [0.2, 0.25) is 0 Å². The Kier molecular flexibility index (Phi) is 15.2. The second-order valence-electron chi connectivity index (χ2n) is 34.5. The number of unbranched alkanes of at least 4 members (excludes halogenated alkanes) is 8. The van der Waals surface area contributed by atoms with E-state index in [0.29, 0.717) is 0 Å². The smallest absolute Gasteiger partial charge is 0.143 e. The molecule has 2 heterocycles. The van der Waals surface area contributed by atoms with Crippen LogP contribution in [0.1, 0.15) is 202 Å². The molecule has 532 valence electrons. The fraction of sp³-hybridized carbons (Fsp3) is 0.257. The Balaban J connectivity index is 0.677. The van der Waals surface area contributed by atoms with Crippen molar-refractivity contribution in [2.45, 2.75) is 173 Å². The third kappa shape index (κ3) is 9.71. The summed E-state index contributed by atoms with van der Waals surface area (Å²) in [6, 6.07) is 95.7. The number of hydrogen-bond acceptors (Lipinski definition) is 3. The summed E-state index contributed by atoms with van der Waals surface area (Å²) in [7, 11) is 0. The third-order valence-electron chi connectivity index (χ3n) is 27.0. The summed E-state index contributed by atoms with van der Waals surface area (Å²) in [5.41, 5.74) is 40.5. The third-order valence-corrected chi connectivity index (χ3v) is 27.0. The summed E-state index contributed by atoms with van der Waals surface area (Å²) in [5.74, 6) is 0. The van der Waals surface area contributed by atoms with Crippen molar-refractivity contribution < 1.29 is 8.83 Å². The van der Waals surface area contributed by atoms with Crippen molar-refractivity contribution in [1.82, 2.24) is 0 Å². The summed E-state index contributed by atoms with van der Waals surface area (Å²) < 4.78 is 13.8. The van der Waals surface area contributed by atoms with E-state index in [0.717, 1.165) is 50.3 Å². The monoisotopic (exact) mass is 1400 g/mol. The van der Waals surface area contributed by atoms with Crippen LogP contribution in [0.5, 0.6) is 0 Å². The average molecular weight is 1400 g/mol. The van der Waals surface area contributed by atoms with E-state index in [1.165, 1.54) is 221 Å². The van der Waals surface area contributed by atoms with Crippen LogP contribution < -0.4 is 4.90 Å². The number of benzene rings is 13. The molecular weight excluding hydrogens is 1310 g/mol. The van der Waals surface area contributed by atoms with Crippen LogP contribution in [-0.2, 0) is 27.1 Å². The van der Waals surface area contributed by atoms with Gasteiger partial charge in [0.05, 0.1) is 5.69 Å². The number of rotatable bonds is 18. The highest BCUT2D eigenvalue weighted by atomic mass is 16.3. The minimum Gasteiger partial charge on any atom is -0.456 e. The molecule has 20 rings (SSSR count). The van der Waals surface area contributed by atoms with Gasteiger partial charge in [0.1, 0.15) is 22.3 Å². The van der Waals surface area contributed by atoms with E-state index < -0.39 is 5.41 Å². The zero-order chi connectivity index (χ0) is 73.3. The molecule has 108 heavy (non-hydrogen) atoms. The van der Waals surface area contributed by atoms with Gasteiger partial charge in [0.25, 0.3) is 0 Å². The molecule has 0 saturated heterocycles. The molecule has 0 fully saturated rings. The Hall–Kier alpha value is -10.7. The lowest BCUT2D eigenvalue weighted by atomic mass is 9.70. The Labute approximate surface area is 637 Å². The van der Waals surface area contributed by atoms with Crippen molar-refractivity contribution in [2.75, 3.05) is 4.90 Å². The zero-order valence-corrected chi connectivity index (χ0v) is 64.4. The van der Waals surface area contributed by atoms with Gasteiger partial charge in [-0.1, -0.05) is 297 Å². The lowest BCUT2D eigenvalue weighted by molar-refractivity contribution is 0.399. The number of anilines is 3. The van der Waals surface area contributed by atoms with Gasteiger partial charge in [-0.2, -0.15) is 0 Å². The van der Waals surface area contributed by atoms with Crippen LogP contribution in [0.4, 0.5) is 17.1 Å². The number of fused-ring (bicyclic) bond motifs is 23. The number of hydrogen-bond donors (Lipinski definition) is 0. The number of nitrogens with zero attached hydrogens (tertiary/aromatic N) is 1. The maximum atomic E-state index is 7.26. The fourth-order valence-corrected chi connectivity index (χ4v) is 21.2. The SMILES string of the molecule is CCCCCCCC1(CCCCCCC)c2ccccc2-c2ccc(-c3ccc4c(c3)C(C)(C)c3cc(-c5cc6c(c7c5oc5ccccc57)-c5ccc(N(c7ccc8c(c7)C(C)(C)c7cc9c(cc7-8)C(C)(C)c7ccc8oc%10ccccc%10c8c7-9)c7ccccc7-c7ccccc7)cc5C6(C)C)ccc3-4)cc21. The summed E-state index contributed by atoms with van der Waals surface area (Å²) in [4.78, 5) is 2.55. The molecule has 0 spiro atoms. The van der Waals surface area contributed by atoms with Gasteiger partial charge in [-0.15, -0.1) is 0 Å². The molecule has 3 nitrogen and oxygen atoms in total. The van der Waals surface area contributed by atoms with Crippen molar-refractivity contribution in [3.63, 3.8) is 0 Å². The standard InChI is InChI=1S/C105H95NO2/c1-11-13-15-17-30-54-105(55-31-18-16-14-12-2)82-38-26-22-35-71(82)74-48-43-66(57-90(74)105)65-42-47-72-73-49-44-67(58-85(73)102(5,6)84(72)56-65)79-61-91-96(99-78-37-25-29-41-94(78)108-100(79)99)76-51-46-69(60-87(76)104(91,9)10)106(92-39-27-23-34-70(92)64-32-20-19-21-33-64)68-45-50-75-80-62-89-81(63-88(80)103(7,8)86(75)59-68)97-83(101(89,3)4)52-53-95-98(97)77-36-24-28-40-93(77)107-95/h19-29,32-53,56-63H,11-18,30-31,54-55H2,1-10H3. The molecule has 5 aliphatic rings. The molecule has 0 amide bonds. The van der Waals surface area contributed by atoms with E-state index in [2.05, 4.69) is 323 Å². The molecule has 0 N–H and O–H groups in total. The molecule has 0 saturated carbocycles. The van der Waals surface area contributed by atoms with E-state index in [-0.39, 0.29) is 21.7 Å².